The summed E-state index contributed by atoms with van der Waals surface area (Å²) in [5.74, 6) is 0.763. The average Bonchev–Trinajstić information content (AvgIpc) is 3.05. The third-order valence-electron chi connectivity index (χ3n) is 3.76. The van der Waals surface area contributed by atoms with Gasteiger partial charge in [-0.05, 0) is 18.2 Å². The van der Waals surface area contributed by atoms with Crippen molar-refractivity contribution in [3.05, 3.63) is 40.4 Å². The Morgan fingerprint density at radius 1 is 1.46 bits per heavy atom. The number of anilines is 2. The zero-order chi connectivity index (χ0) is 18.7. The van der Waals surface area contributed by atoms with Crippen LogP contribution in [0.1, 0.15) is 10.4 Å². The molecule has 7 nitrogen and oxygen atoms in total. The molecular formula is C17H18ClN5O2S. The number of nitrogens with one attached hydrogen (secondary N) is 1. The third kappa shape index (κ3) is 3.72. The Labute approximate surface area is 159 Å². The molecule has 0 radical (unpaired) electrons. The summed E-state index contributed by atoms with van der Waals surface area (Å²) in [6.45, 7) is 1.11. The number of benzene rings is 1. The Morgan fingerprint density at radius 2 is 2.27 bits per heavy atom. The van der Waals surface area contributed by atoms with Crippen molar-refractivity contribution in [2.75, 3.05) is 37.5 Å². The number of amides is 1. The lowest BCUT2D eigenvalue weighted by Crippen LogP contribution is -2.26. The fourth-order valence-corrected chi connectivity index (χ4v) is 3.44. The molecule has 1 aromatic carbocycles. The number of nitrogens with zero attached hydrogens (tertiary/aromatic N) is 3. The van der Waals surface area contributed by atoms with Gasteiger partial charge in [-0.25, -0.2) is 9.97 Å². The minimum absolute atomic E-state index is 0.289. The highest BCUT2D eigenvalue weighted by atomic mass is 35.5. The molecule has 3 N–H and O–H groups in total. The zero-order valence-corrected chi connectivity index (χ0v) is 15.9. The standard InChI is InChI=1S/C17H18ClN5O2S/c1-23(6-5-19)17-20-8-14-15(22-17)11(9-26-14)16(24)21-12-7-10(18)3-4-13(12)25-2/h3-4,7-9H,5-6,19H2,1-2H3,(H,21,24). The van der Waals surface area contributed by atoms with Crippen LogP contribution in [-0.4, -0.2) is 43.1 Å². The molecule has 3 aromatic rings. The van der Waals surface area contributed by atoms with Crippen LogP contribution in [0.5, 0.6) is 5.75 Å². The van der Waals surface area contributed by atoms with Crippen molar-refractivity contribution in [2.45, 2.75) is 0 Å². The molecular weight excluding hydrogens is 374 g/mol. The zero-order valence-electron chi connectivity index (χ0n) is 14.3. The molecule has 0 saturated heterocycles. The SMILES string of the molecule is COc1ccc(Cl)cc1NC(=O)c1csc2cnc(N(C)CCN)nc12. The maximum Gasteiger partial charge on any atom is 0.258 e. The van der Waals surface area contributed by atoms with Crippen LogP contribution in [0.25, 0.3) is 10.2 Å². The molecule has 0 aliphatic carbocycles. The predicted molar refractivity (Wildman–Crippen MR) is 106 cm³/mol. The first-order valence-electron chi connectivity index (χ1n) is 7.84. The lowest BCUT2D eigenvalue weighted by molar-refractivity contribution is 0.102. The van der Waals surface area contributed by atoms with Crippen molar-refractivity contribution >= 4 is 50.7 Å². The Bertz CT molecular complexity index is 946. The summed E-state index contributed by atoms with van der Waals surface area (Å²) in [4.78, 5) is 23.5. The first-order valence-corrected chi connectivity index (χ1v) is 9.09. The number of thiophene rings is 1. The normalized spacial score (nSPS) is 10.8. The summed E-state index contributed by atoms with van der Waals surface area (Å²) in [5, 5.41) is 5.10. The number of rotatable bonds is 6. The van der Waals surface area contributed by atoms with Gasteiger partial charge in [-0.2, -0.15) is 0 Å². The highest BCUT2D eigenvalue weighted by Gasteiger charge is 2.17. The van der Waals surface area contributed by atoms with Gasteiger partial charge in [-0.3, -0.25) is 4.79 Å². The Kier molecular flexibility index (Phi) is 5.55. The second-order valence-electron chi connectivity index (χ2n) is 5.54. The molecule has 0 atom stereocenters. The predicted octanol–water partition coefficient (Wildman–Crippen LogP) is 3.00. The van der Waals surface area contributed by atoms with Gasteiger partial charge < -0.3 is 20.7 Å². The summed E-state index contributed by atoms with van der Waals surface area (Å²) >= 11 is 7.43. The molecule has 1 amide bonds. The number of hydrogen-bond acceptors (Lipinski definition) is 7. The summed E-state index contributed by atoms with van der Waals surface area (Å²) in [6, 6.07) is 5.04. The largest absolute Gasteiger partial charge is 0.495 e. The maximum absolute atomic E-state index is 12.8. The van der Waals surface area contributed by atoms with Gasteiger partial charge in [0.15, 0.2) is 0 Å². The number of nitrogens with two attached hydrogens (primary N) is 1. The topological polar surface area (TPSA) is 93.4 Å². The maximum atomic E-state index is 12.8. The number of fused-ring (bicyclic) bond motifs is 1. The van der Waals surface area contributed by atoms with Crippen LogP contribution in [0.3, 0.4) is 0 Å². The van der Waals surface area contributed by atoms with E-state index in [1.807, 2.05) is 11.9 Å². The van der Waals surface area contributed by atoms with Gasteiger partial charge >= 0.3 is 0 Å². The molecule has 0 aliphatic heterocycles. The summed E-state index contributed by atoms with van der Waals surface area (Å²) in [5.41, 5.74) is 7.15. The third-order valence-corrected chi connectivity index (χ3v) is 4.90. The van der Waals surface area contributed by atoms with Crippen LogP contribution < -0.4 is 20.7 Å². The van der Waals surface area contributed by atoms with E-state index in [2.05, 4.69) is 15.3 Å². The average molecular weight is 392 g/mol. The number of carbonyl (C=O) groups excluding carboxylic acids is 1. The molecule has 9 heteroatoms. The fourth-order valence-electron chi connectivity index (χ4n) is 2.43. The van der Waals surface area contributed by atoms with Crippen LogP contribution >= 0.6 is 22.9 Å². The van der Waals surface area contributed by atoms with Gasteiger partial charge in [0.25, 0.3) is 5.91 Å². The van der Waals surface area contributed by atoms with Crippen molar-refractivity contribution in [1.29, 1.82) is 0 Å². The summed E-state index contributed by atoms with van der Waals surface area (Å²) < 4.78 is 6.10. The van der Waals surface area contributed by atoms with Gasteiger partial charge in [-0.1, -0.05) is 11.6 Å². The molecule has 2 heterocycles. The number of likely N-dealkylation sites (N-methyl/N-ethyl adjacent to an activating group) is 1. The number of halogens is 1. The van der Waals surface area contributed by atoms with Crippen LogP contribution in [-0.2, 0) is 0 Å². The molecule has 136 valence electrons. The van der Waals surface area contributed by atoms with Crippen LogP contribution in [0.4, 0.5) is 11.6 Å². The van der Waals surface area contributed by atoms with Crippen molar-refractivity contribution in [1.82, 2.24) is 9.97 Å². The molecule has 2 aromatic heterocycles. The Hall–Kier alpha value is -2.42. The Morgan fingerprint density at radius 3 is 3.00 bits per heavy atom. The number of hydrogen-bond donors (Lipinski definition) is 2. The number of aromatic nitrogens is 2. The monoisotopic (exact) mass is 391 g/mol. The summed E-state index contributed by atoms with van der Waals surface area (Å²) in [6.07, 6.45) is 1.71. The minimum atomic E-state index is -0.289. The molecule has 26 heavy (non-hydrogen) atoms. The molecule has 0 saturated carbocycles. The van der Waals surface area contributed by atoms with Crippen molar-refractivity contribution in [3.63, 3.8) is 0 Å². The quantitative estimate of drug-likeness (QED) is 0.670. The van der Waals surface area contributed by atoms with Gasteiger partial charge in [0.1, 0.15) is 5.75 Å². The second kappa shape index (κ2) is 7.86. The van der Waals surface area contributed by atoms with Crippen LogP contribution in [0, 0.1) is 0 Å². The number of carbonyl (C=O) groups is 1. The first-order chi connectivity index (χ1) is 12.5. The van der Waals surface area contributed by atoms with E-state index in [1.165, 1.54) is 18.4 Å². The minimum Gasteiger partial charge on any atom is -0.495 e. The smallest absolute Gasteiger partial charge is 0.258 e. The molecule has 0 fully saturated rings. The van der Waals surface area contributed by atoms with E-state index in [-0.39, 0.29) is 5.91 Å². The number of methoxy groups -OCH3 is 1. The van der Waals surface area contributed by atoms with Crippen molar-refractivity contribution in [2.24, 2.45) is 5.73 Å². The molecule has 0 spiro atoms. The van der Waals surface area contributed by atoms with Gasteiger partial charge in [0.2, 0.25) is 5.95 Å². The second-order valence-corrected chi connectivity index (χ2v) is 6.89. The molecule has 0 unspecified atom stereocenters. The lowest BCUT2D eigenvalue weighted by atomic mass is 10.2. The lowest BCUT2D eigenvalue weighted by Gasteiger charge is -2.15. The molecule has 3 rings (SSSR count). The van der Waals surface area contributed by atoms with Gasteiger partial charge in [-0.15, -0.1) is 11.3 Å². The highest BCUT2D eigenvalue weighted by Crippen LogP contribution is 2.30. The van der Waals surface area contributed by atoms with E-state index in [4.69, 9.17) is 22.1 Å². The first kappa shape index (κ1) is 18.4. The van der Waals surface area contributed by atoms with Crippen LogP contribution in [0.15, 0.2) is 29.8 Å². The highest BCUT2D eigenvalue weighted by molar-refractivity contribution is 7.17. The summed E-state index contributed by atoms with van der Waals surface area (Å²) in [7, 11) is 3.39. The molecule has 0 aliphatic rings. The van der Waals surface area contributed by atoms with E-state index in [0.717, 1.165) is 4.70 Å². The van der Waals surface area contributed by atoms with E-state index in [1.54, 1.807) is 29.8 Å². The Balaban J connectivity index is 1.93. The van der Waals surface area contributed by atoms with Crippen LogP contribution in [0.2, 0.25) is 5.02 Å². The van der Waals surface area contributed by atoms with E-state index >= 15 is 0 Å². The van der Waals surface area contributed by atoms with E-state index in [0.29, 0.717) is 46.6 Å². The van der Waals surface area contributed by atoms with E-state index in [9.17, 15) is 4.79 Å². The van der Waals surface area contributed by atoms with Crippen molar-refractivity contribution in [3.8, 4) is 5.75 Å². The molecule has 0 bridgehead atoms. The van der Waals surface area contributed by atoms with Crippen molar-refractivity contribution < 1.29 is 9.53 Å². The van der Waals surface area contributed by atoms with E-state index < -0.39 is 0 Å². The van der Waals surface area contributed by atoms with Gasteiger partial charge in [0, 0.05) is 30.5 Å². The number of ether oxygens (including phenoxy) is 1. The van der Waals surface area contributed by atoms with Gasteiger partial charge in [0.05, 0.1) is 34.8 Å². The fraction of sp³-hybridized carbons (Fsp3) is 0.235.